The second-order valence-electron chi connectivity index (χ2n) is 6.03. The Morgan fingerprint density at radius 2 is 1.73 bits per heavy atom. The second-order valence-corrected chi connectivity index (χ2v) is 6.03. The Hall–Kier alpha value is -2.24. The molecule has 0 amide bonds. The summed E-state index contributed by atoms with van der Waals surface area (Å²) >= 11 is 0. The molecule has 0 spiro atoms. The van der Waals surface area contributed by atoms with E-state index in [1.54, 1.807) is 0 Å². The van der Waals surface area contributed by atoms with Crippen molar-refractivity contribution in [3.05, 3.63) is 54.1 Å². The van der Waals surface area contributed by atoms with E-state index in [0.29, 0.717) is 19.8 Å². The molecule has 5 heteroatoms. The van der Waals surface area contributed by atoms with E-state index >= 15 is 0 Å². The van der Waals surface area contributed by atoms with Crippen molar-refractivity contribution in [1.82, 2.24) is 5.32 Å². The van der Waals surface area contributed by atoms with Gasteiger partial charge in [0.05, 0.1) is 19.8 Å². The van der Waals surface area contributed by atoms with Crippen molar-refractivity contribution in [2.24, 2.45) is 0 Å². The molecule has 2 atom stereocenters. The van der Waals surface area contributed by atoms with Gasteiger partial charge < -0.3 is 24.3 Å². The first kappa shape index (κ1) is 18.5. The number of ether oxygens (including phenoxy) is 4. The van der Waals surface area contributed by atoms with Gasteiger partial charge in [0, 0.05) is 13.1 Å². The van der Waals surface area contributed by atoms with Crippen LogP contribution in [0.1, 0.15) is 25.5 Å². The van der Waals surface area contributed by atoms with E-state index in [0.717, 1.165) is 35.9 Å². The summed E-state index contributed by atoms with van der Waals surface area (Å²) in [5.41, 5.74) is 1.05. The third-order valence-electron chi connectivity index (χ3n) is 4.22. The van der Waals surface area contributed by atoms with Crippen LogP contribution >= 0.6 is 0 Å². The third kappa shape index (κ3) is 4.68. The number of rotatable bonds is 8. The lowest BCUT2D eigenvalue weighted by molar-refractivity contribution is -0.0439. The minimum atomic E-state index is -0.236. The fraction of sp³-hybridized carbons (Fsp3) is 0.429. The molecular weight excluding hydrogens is 330 g/mol. The lowest BCUT2D eigenvalue weighted by Gasteiger charge is -2.32. The number of para-hydroxylation sites is 2. The maximum atomic E-state index is 6.39. The third-order valence-corrected chi connectivity index (χ3v) is 4.22. The average molecular weight is 357 g/mol. The van der Waals surface area contributed by atoms with Crippen molar-refractivity contribution < 1.29 is 18.9 Å². The van der Waals surface area contributed by atoms with Crippen molar-refractivity contribution in [2.45, 2.75) is 26.1 Å². The zero-order valence-electron chi connectivity index (χ0n) is 15.4. The lowest BCUT2D eigenvalue weighted by Crippen LogP contribution is -2.43. The Balaban J connectivity index is 1.86. The van der Waals surface area contributed by atoms with Gasteiger partial charge in [0.1, 0.15) is 11.9 Å². The highest BCUT2D eigenvalue weighted by Gasteiger charge is 2.28. The summed E-state index contributed by atoms with van der Waals surface area (Å²) in [7, 11) is 0. The summed E-state index contributed by atoms with van der Waals surface area (Å²) in [4.78, 5) is 0. The van der Waals surface area contributed by atoms with E-state index in [-0.39, 0.29) is 12.2 Å². The van der Waals surface area contributed by atoms with Gasteiger partial charge in [-0.3, -0.25) is 0 Å². The fourth-order valence-corrected chi connectivity index (χ4v) is 3.02. The molecule has 0 radical (unpaired) electrons. The predicted molar refractivity (Wildman–Crippen MR) is 101 cm³/mol. The summed E-state index contributed by atoms with van der Waals surface area (Å²) in [5.74, 6) is 2.32. The number of morpholine rings is 1. The normalized spacial score (nSPS) is 18.2. The molecule has 1 fully saturated rings. The van der Waals surface area contributed by atoms with Gasteiger partial charge in [-0.1, -0.05) is 24.3 Å². The van der Waals surface area contributed by atoms with E-state index < -0.39 is 0 Å². The average Bonchev–Trinajstić information content (AvgIpc) is 2.69. The van der Waals surface area contributed by atoms with Gasteiger partial charge in [-0.25, -0.2) is 0 Å². The van der Waals surface area contributed by atoms with Crippen LogP contribution in [0.5, 0.6) is 17.2 Å². The van der Waals surface area contributed by atoms with Crippen LogP contribution in [-0.2, 0) is 4.74 Å². The molecule has 2 unspecified atom stereocenters. The smallest absolute Gasteiger partial charge is 0.162 e. The lowest BCUT2D eigenvalue weighted by atomic mass is 10.0. The molecule has 0 aromatic heterocycles. The van der Waals surface area contributed by atoms with Crippen LogP contribution in [0.4, 0.5) is 0 Å². The standard InChI is InChI=1S/C21H27NO4/c1-3-23-17-11-9-16(10-12-17)21(20-15-22-13-14-25-20)26-19-8-6-5-7-18(19)24-4-2/h5-12,20-22H,3-4,13-15H2,1-2H3. The maximum Gasteiger partial charge on any atom is 0.162 e. The number of benzene rings is 2. The monoisotopic (exact) mass is 357 g/mol. The summed E-state index contributed by atoms with van der Waals surface area (Å²) in [6.07, 6.45) is -0.309. The zero-order chi connectivity index (χ0) is 18.2. The van der Waals surface area contributed by atoms with Gasteiger partial charge in [-0.05, 0) is 43.7 Å². The topological polar surface area (TPSA) is 49.0 Å². The molecule has 0 saturated carbocycles. The molecule has 2 aromatic rings. The molecule has 1 heterocycles. The highest BCUT2D eigenvalue weighted by Crippen LogP contribution is 2.34. The molecule has 0 aliphatic carbocycles. The van der Waals surface area contributed by atoms with Gasteiger partial charge in [-0.2, -0.15) is 0 Å². The van der Waals surface area contributed by atoms with Crippen LogP contribution in [-0.4, -0.2) is 39.0 Å². The summed E-state index contributed by atoms with van der Waals surface area (Å²) in [6, 6.07) is 15.8. The molecule has 3 rings (SSSR count). The molecule has 2 aromatic carbocycles. The van der Waals surface area contributed by atoms with Gasteiger partial charge in [-0.15, -0.1) is 0 Å². The van der Waals surface area contributed by atoms with Crippen molar-refractivity contribution >= 4 is 0 Å². The van der Waals surface area contributed by atoms with Crippen molar-refractivity contribution in [3.63, 3.8) is 0 Å². The van der Waals surface area contributed by atoms with Gasteiger partial charge in [0.25, 0.3) is 0 Å². The van der Waals surface area contributed by atoms with Crippen molar-refractivity contribution in [1.29, 1.82) is 0 Å². The molecule has 1 aliphatic heterocycles. The summed E-state index contributed by atoms with van der Waals surface area (Å²) < 4.78 is 23.6. The van der Waals surface area contributed by atoms with Crippen LogP contribution < -0.4 is 19.5 Å². The zero-order valence-corrected chi connectivity index (χ0v) is 15.4. The van der Waals surface area contributed by atoms with Crippen LogP contribution in [0.25, 0.3) is 0 Å². The SMILES string of the molecule is CCOc1ccc(C(Oc2ccccc2OCC)C2CNCCO2)cc1. The van der Waals surface area contributed by atoms with Gasteiger partial charge in [0.15, 0.2) is 17.6 Å². The van der Waals surface area contributed by atoms with Crippen molar-refractivity contribution in [3.8, 4) is 17.2 Å². The largest absolute Gasteiger partial charge is 0.494 e. The first-order valence-corrected chi connectivity index (χ1v) is 9.25. The second kappa shape index (κ2) is 9.46. The Labute approximate surface area is 155 Å². The van der Waals surface area contributed by atoms with E-state index in [2.05, 4.69) is 5.32 Å². The Morgan fingerprint density at radius 1 is 1.00 bits per heavy atom. The molecule has 1 saturated heterocycles. The highest BCUT2D eigenvalue weighted by molar-refractivity contribution is 5.40. The van der Waals surface area contributed by atoms with Crippen LogP contribution in [0.15, 0.2) is 48.5 Å². The quantitative estimate of drug-likeness (QED) is 0.782. The molecule has 1 aliphatic rings. The van der Waals surface area contributed by atoms with Crippen LogP contribution in [0, 0.1) is 0 Å². The minimum absolute atomic E-state index is 0.0728. The van der Waals surface area contributed by atoms with E-state index in [1.165, 1.54) is 0 Å². The Kier molecular flexibility index (Phi) is 6.75. The Morgan fingerprint density at radius 3 is 2.38 bits per heavy atom. The van der Waals surface area contributed by atoms with E-state index in [1.807, 2.05) is 62.4 Å². The van der Waals surface area contributed by atoms with Gasteiger partial charge in [0.2, 0.25) is 0 Å². The molecular formula is C21H27NO4. The summed E-state index contributed by atoms with van der Waals surface area (Å²) in [5, 5.41) is 3.38. The minimum Gasteiger partial charge on any atom is -0.494 e. The predicted octanol–water partition coefficient (Wildman–Crippen LogP) is 3.59. The molecule has 5 nitrogen and oxygen atoms in total. The maximum absolute atomic E-state index is 6.39. The highest BCUT2D eigenvalue weighted by atomic mass is 16.6. The molecule has 0 bridgehead atoms. The van der Waals surface area contributed by atoms with E-state index in [4.69, 9.17) is 18.9 Å². The summed E-state index contributed by atoms with van der Waals surface area (Å²) in [6.45, 7) is 7.47. The van der Waals surface area contributed by atoms with E-state index in [9.17, 15) is 0 Å². The first-order valence-electron chi connectivity index (χ1n) is 9.25. The molecule has 26 heavy (non-hydrogen) atoms. The van der Waals surface area contributed by atoms with Gasteiger partial charge >= 0.3 is 0 Å². The number of hydrogen-bond donors (Lipinski definition) is 1. The molecule has 140 valence electrons. The first-order chi connectivity index (χ1) is 12.8. The fourth-order valence-electron chi connectivity index (χ4n) is 3.02. The number of hydrogen-bond acceptors (Lipinski definition) is 5. The molecule has 1 N–H and O–H groups in total. The van der Waals surface area contributed by atoms with Crippen LogP contribution in [0.2, 0.25) is 0 Å². The van der Waals surface area contributed by atoms with Crippen LogP contribution in [0.3, 0.4) is 0 Å². The Bertz CT molecular complexity index is 668. The van der Waals surface area contributed by atoms with Crippen molar-refractivity contribution in [2.75, 3.05) is 32.9 Å². The number of nitrogens with one attached hydrogen (secondary N) is 1.